The molecule has 0 spiro atoms. The van der Waals surface area contributed by atoms with Crippen LogP contribution in [0.15, 0.2) is 48.5 Å². The van der Waals surface area contributed by atoms with Crippen molar-refractivity contribution in [1.82, 2.24) is 4.90 Å². The molecule has 1 saturated heterocycles. The first kappa shape index (κ1) is 20.9. The molecular formula is C23H30FN2OS+. The van der Waals surface area contributed by atoms with Crippen molar-refractivity contribution < 1.29 is 14.1 Å². The second-order valence-electron chi connectivity index (χ2n) is 7.56. The van der Waals surface area contributed by atoms with Gasteiger partial charge >= 0.3 is 0 Å². The van der Waals surface area contributed by atoms with Crippen LogP contribution in [0, 0.1) is 12.7 Å². The minimum atomic E-state index is -0.238. The average molecular weight is 402 g/mol. The fraction of sp³-hybridized carbons (Fsp3) is 0.435. The third-order valence-corrected chi connectivity index (χ3v) is 6.45. The van der Waals surface area contributed by atoms with Gasteiger partial charge in [0, 0.05) is 17.9 Å². The van der Waals surface area contributed by atoms with E-state index in [2.05, 4.69) is 38.1 Å². The average Bonchev–Trinajstić information content (AvgIpc) is 3.16. The summed E-state index contributed by atoms with van der Waals surface area (Å²) >= 11 is 1.76. The summed E-state index contributed by atoms with van der Waals surface area (Å²) in [6, 6.07) is 15.1. The third-order valence-electron chi connectivity index (χ3n) is 5.19. The van der Waals surface area contributed by atoms with Crippen LogP contribution < -0.4 is 4.90 Å². The summed E-state index contributed by atoms with van der Waals surface area (Å²) in [5.41, 5.74) is 3.54. The SMILES string of the molecule is CCCC[NH+](CC(=O)N1CCS[C@H]1c1ccc(F)cc1)Cc1cccc(C)c1. The molecule has 1 heterocycles. The number of thioether (sulfide) groups is 1. The number of hydrogen-bond acceptors (Lipinski definition) is 2. The molecule has 1 fully saturated rings. The quantitative estimate of drug-likeness (QED) is 0.731. The zero-order chi connectivity index (χ0) is 19.9. The van der Waals surface area contributed by atoms with Crippen molar-refractivity contribution in [2.75, 3.05) is 25.4 Å². The predicted octanol–water partition coefficient (Wildman–Crippen LogP) is 3.59. The van der Waals surface area contributed by atoms with Gasteiger partial charge in [0.25, 0.3) is 5.91 Å². The summed E-state index contributed by atoms with van der Waals surface area (Å²) in [7, 11) is 0. The van der Waals surface area contributed by atoms with Gasteiger partial charge < -0.3 is 9.80 Å². The van der Waals surface area contributed by atoms with Gasteiger partial charge in [-0.25, -0.2) is 4.39 Å². The van der Waals surface area contributed by atoms with Gasteiger partial charge in [0.05, 0.1) is 6.54 Å². The van der Waals surface area contributed by atoms with E-state index in [0.29, 0.717) is 6.54 Å². The summed E-state index contributed by atoms with van der Waals surface area (Å²) in [6.45, 7) is 7.43. The number of aryl methyl sites for hydroxylation is 1. The Bertz CT molecular complexity index is 780. The van der Waals surface area contributed by atoms with E-state index in [9.17, 15) is 9.18 Å². The molecule has 1 amide bonds. The van der Waals surface area contributed by atoms with E-state index < -0.39 is 0 Å². The smallest absolute Gasteiger partial charge is 0.278 e. The van der Waals surface area contributed by atoms with Crippen molar-refractivity contribution >= 4 is 17.7 Å². The second kappa shape index (κ2) is 10.1. The third kappa shape index (κ3) is 5.58. The van der Waals surface area contributed by atoms with Crippen molar-refractivity contribution in [3.05, 3.63) is 71.0 Å². The standard InChI is InChI=1S/C23H29FN2OS/c1-3-4-12-25(16-19-7-5-6-18(2)15-19)17-22(27)26-13-14-28-23(26)20-8-10-21(24)11-9-20/h5-11,15,23H,3-4,12-14,16-17H2,1-2H3/p+1/t23-/m0/s1. The van der Waals surface area contributed by atoms with E-state index >= 15 is 0 Å². The molecule has 0 bridgehead atoms. The second-order valence-corrected chi connectivity index (χ2v) is 8.75. The number of carbonyl (C=O) groups is 1. The molecule has 2 aromatic carbocycles. The molecule has 3 rings (SSSR count). The number of quaternary nitrogens is 1. The van der Waals surface area contributed by atoms with Gasteiger partial charge in [-0.3, -0.25) is 4.79 Å². The Balaban J connectivity index is 1.68. The molecule has 2 atom stereocenters. The largest absolute Gasteiger partial charge is 0.323 e. The van der Waals surface area contributed by atoms with Crippen LogP contribution in [0.25, 0.3) is 0 Å². The molecule has 0 aromatic heterocycles. The molecule has 0 aliphatic carbocycles. The van der Waals surface area contributed by atoms with Gasteiger partial charge in [-0.15, -0.1) is 11.8 Å². The van der Waals surface area contributed by atoms with E-state index in [-0.39, 0.29) is 17.1 Å². The number of benzene rings is 2. The highest BCUT2D eigenvalue weighted by atomic mass is 32.2. The Morgan fingerprint density at radius 2 is 2.04 bits per heavy atom. The molecule has 0 radical (unpaired) electrons. The van der Waals surface area contributed by atoms with Crippen molar-refractivity contribution in [3.8, 4) is 0 Å². The molecule has 0 saturated carbocycles. The van der Waals surface area contributed by atoms with Gasteiger partial charge in [0.1, 0.15) is 17.7 Å². The molecule has 1 unspecified atom stereocenters. The van der Waals surface area contributed by atoms with Crippen molar-refractivity contribution in [2.45, 2.75) is 38.6 Å². The van der Waals surface area contributed by atoms with Crippen molar-refractivity contribution in [2.24, 2.45) is 0 Å². The first-order chi connectivity index (χ1) is 13.6. The highest BCUT2D eigenvalue weighted by molar-refractivity contribution is 7.99. The normalized spacial score (nSPS) is 17.7. The Morgan fingerprint density at radius 3 is 2.75 bits per heavy atom. The maximum atomic E-state index is 13.3. The summed E-state index contributed by atoms with van der Waals surface area (Å²) in [5, 5.41) is -0.000468. The minimum absolute atomic E-state index is 0.000468. The fourth-order valence-electron chi connectivity index (χ4n) is 3.72. The van der Waals surface area contributed by atoms with Crippen LogP contribution in [0.2, 0.25) is 0 Å². The summed E-state index contributed by atoms with van der Waals surface area (Å²) in [4.78, 5) is 16.4. The van der Waals surface area contributed by atoms with E-state index in [1.54, 1.807) is 23.9 Å². The highest BCUT2D eigenvalue weighted by Gasteiger charge is 2.32. The summed E-state index contributed by atoms with van der Waals surface area (Å²) < 4.78 is 13.3. The van der Waals surface area contributed by atoms with E-state index in [4.69, 9.17) is 0 Å². The molecule has 1 aliphatic rings. The number of unbranched alkanes of at least 4 members (excludes halogenated alkanes) is 1. The zero-order valence-corrected chi connectivity index (χ0v) is 17.6. The lowest BCUT2D eigenvalue weighted by atomic mass is 10.1. The minimum Gasteiger partial charge on any atom is -0.323 e. The van der Waals surface area contributed by atoms with Crippen LogP contribution in [0.5, 0.6) is 0 Å². The van der Waals surface area contributed by atoms with Crippen LogP contribution in [0.1, 0.15) is 41.8 Å². The zero-order valence-electron chi connectivity index (χ0n) is 16.8. The maximum Gasteiger partial charge on any atom is 0.278 e. The number of carbonyl (C=O) groups excluding carboxylic acids is 1. The van der Waals surface area contributed by atoms with Gasteiger partial charge in [-0.1, -0.05) is 55.3 Å². The molecule has 28 heavy (non-hydrogen) atoms. The number of hydrogen-bond donors (Lipinski definition) is 1. The Hall–Kier alpha value is -1.85. The van der Waals surface area contributed by atoms with Crippen LogP contribution in [-0.2, 0) is 11.3 Å². The Labute approximate surface area is 171 Å². The van der Waals surface area contributed by atoms with Gasteiger partial charge in [-0.05, 0) is 31.0 Å². The first-order valence-corrected chi connectivity index (χ1v) is 11.2. The molecule has 2 aromatic rings. The van der Waals surface area contributed by atoms with Crippen LogP contribution >= 0.6 is 11.8 Å². The van der Waals surface area contributed by atoms with Crippen LogP contribution in [0.4, 0.5) is 4.39 Å². The predicted molar refractivity (Wildman–Crippen MR) is 114 cm³/mol. The van der Waals surface area contributed by atoms with Gasteiger partial charge in [-0.2, -0.15) is 0 Å². The summed E-state index contributed by atoms with van der Waals surface area (Å²) in [6.07, 6.45) is 2.24. The fourth-order valence-corrected chi connectivity index (χ4v) is 5.00. The molecule has 1 N–H and O–H groups in total. The Kier molecular flexibility index (Phi) is 7.51. The molecule has 150 valence electrons. The first-order valence-electron chi connectivity index (χ1n) is 10.1. The lowest BCUT2D eigenvalue weighted by Gasteiger charge is -2.27. The Morgan fingerprint density at radius 1 is 1.25 bits per heavy atom. The lowest BCUT2D eigenvalue weighted by molar-refractivity contribution is -0.906. The number of halogens is 1. The number of nitrogens with zero attached hydrogens (tertiary/aromatic N) is 1. The van der Waals surface area contributed by atoms with Crippen molar-refractivity contribution in [1.29, 1.82) is 0 Å². The monoisotopic (exact) mass is 401 g/mol. The van der Waals surface area contributed by atoms with E-state index in [1.807, 2.05) is 4.90 Å². The number of rotatable bonds is 8. The van der Waals surface area contributed by atoms with Gasteiger partial charge in [0.15, 0.2) is 6.54 Å². The van der Waals surface area contributed by atoms with E-state index in [1.165, 1.54) is 28.2 Å². The summed E-state index contributed by atoms with van der Waals surface area (Å²) in [5.74, 6) is 0.881. The van der Waals surface area contributed by atoms with Crippen LogP contribution in [0.3, 0.4) is 0 Å². The highest BCUT2D eigenvalue weighted by Crippen LogP contribution is 2.37. The lowest BCUT2D eigenvalue weighted by Crippen LogP contribution is -3.12. The number of amides is 1. The molecule has 5 heteroatoms. The van der Waals surface area contributed by atoms with E-state index in [0.717, 1.165) is 43.8 Å². The molecule has 1 aliphatic heterocycles. The topological polar surface area (TPSA) is 24.8 Å². The molecular weight excluding hydrogens is 371 g/mol. The molecule has 3 nitrogen and oxygen atoms in total. The van der Waals surface area contributed by atoms with Crippen LogP contribution in [-0.4, -0.2) is 36.2 Å². The van der Waals surface area contributed by atoms with Gasteiger partial charge in [0.2, 0.25) is 0 Å². The number of nitrogens with one attached hydrogen (secondary N) is 1. The maximum absolute atomic E-state index is 13.3. The van der Waals surface area contributed by atoms with Crippen molar-refractivity contribution in [3.63, 3.8) is 0 Å².